The lowest BCUT2D eigenvalue weighted by atomic mass is 10.1. The van der Waals surface area contributed by atoms with Gasteiger partial charge in [0.05, 0.1) is 22.1 Å². The Kier molecular flexibility index (Phi) is 8.62. The van der Waals surface area contributed by atoms with E-state index in [4.69, 9.17) is 9.97 Å². The van der Waals surface area contributed by atoms with E-state index in [0.717, 1.165) is 22.1 Å². The zero-order valence-corrected chi connectivity index (χ0v) is 23.9. The average molecular weight is 547 g/mol. The van der Waals surface area contributed by atoms with Crippen molar-refractivity contribution >= 4 is 67.1 Å². The largest absolute Gasteiger partial charge is 0.248 e. The van der Waals surface area contributed by atoms with Crippen LogP contribution in [-0.2, 0) is 0 Å². The van der Waals surface area contributed by atoms with Crippen LogP contribution in [0.15, 0.2) is 107 Å². The maximum atomic E-state index is 4.86. The SMILES string of the molecule is c1ccc2c(SCCCCCCCCCSc3c4ccccc4nc4ccccc34)c3ccccc3nc2c1. The second kappa shape index (κ2) is 12.8. The summed E-state index contributed by atoms with van der Waals surface area (Å²) in [5.74, 6) is 2.34. The van der Waals surface area contributed by atoms with Gasteiger partial charge in [0.2, 0.25) is 0 Å². The number of nitrogens with zero attached hydrogens (tertiary/aromatic N) is 2. The van der Waals surface area contributed by atoms with Crippen molar-refractivity contribution in [3.8, 4) is 0 Å². The van der Waals surface area contributed by atoms with Crippen LogP contribution in [0.1, 0.15) is 44.9 Å². The van der Waals surface area contributed by atoms with Gasteiger partial charge in [-0.3, -0.25) is 0 Å². The highest BCUT2D eigenvalue weighted by Gasteiger charge is 2.10. The van der Waals surface area contributed by atoms with Gasteiger partial charge >= 0.3 is 0 Å². The van der Waals surface area contributed by atoms with Gasteiger partial charge in [0, 0.05) is 31.3 Å². The fourth-order valence-electron chi connectivity index (χ4n) is 5.35. The molecule has 6 rings (SSSR count). The summed E-state index contributed by atoms with van der Waals surface area (Å²) in [4.78, 5) is 12.5. The second-order valence-corrected chi connectivity index (χ2v) is 12.3. The number of unbranched alkanes of at least 4 members (excludes halogenated alkanes) is 6. The predicted molar refractivity (Wildman–Crippen MR) is 172 cm³/mol. The Morgan fingerprint density at radius 3 is 0.974 bits per heavy atom. The van der Waals surface area contributed by atoms with Gasteiger partial charge in [0.25, 0.3) is 0 Å². The molecule has 2 aromatic heterocycles. The minimum absolute atomic E-state index is 1.10. The van der Waals surface area contributed by atoms with Gasteiger partial charge in [-0.15, -0.1) is 23.5 Å². The van der Waals surface area contributed by atoms with Crippen molar-refractivity contribution in [3.63, 3.8) is 0 Å². The number of para-hydroxylation sites is 4. The van der Waals surface area contributed by atoms with Crippen LogP contribution >= 0.6 is 23.5 Å². The molecule has 2 nitrogen and oxygen atoms in total. The van der Waals surface area contributed by atoms with E-state index >= 15 is 0 Å². The molecule has 0 atom stereocenters. The minimum Gasteiger partial charge on any atom is -0.248 e. The number of aromatic nitrogens is 2. The van der Waals surface area contributed by atoms with Gasteiger partial charge in [0.15, 0.2) is 0 Å². The molecule has 0 radical (unpaired) electrons. The quantitative estimate of drug-likeness (QED) is 0.0866. The molecule has 6 aromatic rings. The molecule has 0 saturated carbocycles. The molecule has 0 aliphatic carbocycles. The number of rotatable bonds is 12. The van der Waals surface area contributed by atoms with E-state index in [0.29, 0.717) is 0 Å². The molecule has 196 valence electrons. The van der Waals surface area contributed by atoms with E-state index in [1.807, 2.05) is 23.5 Å². The molecule has 4 aromatic carbocycles. The van der Waals surface area contributed by atoms with E-state index in [-0.39, 0.29) is 0 Å². The Morgan fingerprint density at radius 1 is 0.359 bits per heavy atom. The normalized spacial score (nSPS) is 11.7. The molecule has 2 heterocycles. The molecule has 0 spiro atoms. The summed E-state index contributed by atoms with van der Waals surface area (Å²) >= 11 is 4.01. The van der Waals surface area contributed by atoms with Crippen molar-refractivity contribution in [1.29, 1.82) is 0 Å². The number of thioether (sulfide) groups is 2. The lowest BCUT2D eigenvalue weighted by Crippen LogP contribution is -1.89. The number of hydrogen-bond donors (Lipinski definition) is 0. The Bertz CT molecular complexity index is 1480. The van der Waals surface area contributed by atoms with Crippen LogP contribution in [0.2, 0.25) is 0 Å². The summed E-state index contributed by atoms with van der Waals surface area (Å²) in [6.07, 6.45) is 9.20. The van der Waals surface area contributed by atoms with Gasteiger partial charge in [-0.25, -0.2) is 9.97 Å². The van der Waals surface area contributed by atoms with Crippen LogP contribution in [0, 0.1) is 0 Å². The molecule has 4 heteroatoms. The van der Waals surface area contributed by atoms with E-state index in [1.54, 1.807) is 0 Å². The number of pyridine rings is 2. The first-order chi connectivity index (χ1) is 19.4. The Morgan fingerprint density at radius 2 is 0.641 bits per heavy atom. The molecule has 0 aliphatic rings. The summed E-state index contributed by atoms with van der Waals surface area (Å²) in [6, 6.07) is 34.2. The summed E-state index contributed by atoms with van der Waals surface area (Å²) in [7, 11) is 0. The first kappa shape index (κ1) is 26.2. The molecule has 0 unspecified atom stereocenters. The Hall–Kier alpha value is -3.08. The monoisotopic (exact) mass is 546 g/mol. The molecule has 0 N–H and O–H groups in total. The summed E-state index contributed by atoms with van der Waals surface area (Å²) in [5.41, 5.74) is 4.40. The highest BCUT2D eigenvalue weighted by molar-refractivity contribution is 8.00. The predicted octanol–water partition coefficient (Wildman–Crippen LogP) is 10.7. The highest BCUT2D eigenvalue weighted by atomic mass is 32.2. The molecule has 39 heavy (non-hydrogen) atoms. The summed E-state index contributed by atoms with van der Waals surface area (Å²) < 4.78 is 0. The average Bonchev–Trinajstić information content (AvgIpc) is 2.98. The minimum atomic E-state index is 1.10. The maximum Gasteiger partial charge on any atom is 0.0721 e. The van der Waals surface area contributed by atoms with Gasteiger partial charge < -0.3 is 0 Å². The molecule has 0 amide bonds. The molecule has 0 fully saturated rings. The van der Waals surface area contributed by atoms with Gasteiger partial charge in [0.1, 0.15) is 0 Å². The number of hydrogen-bond acceptors (Lipinski definition) is 4. The van der Waals surface area contributed by atoms with Gasteiger partial charge in [-0.2, -0.15) is 0 Å². The number of fused-ring (bicyclic) bond motifs is 4. The van der Waals surface area contributed by atoms with Crippen molar-refractivity contribution in [2.45, 2.75) is 54.7 Å². The van der Waals surface area contributed by atoms with Gasteiger partial charge in [-0.05, 0) is 48.6 Å². The van der Waals surface area contributed by atoms with Crippen molar-refractivity contribution < 1.29 is 0 Å². The van der Waals surface area contributed by atoms with Crippen molar-refractivity contribution in [2.75, 3.05) is 11.5 Å². The fourth-order valence-corrected chi connectivity index (χ4v) is 7.77. The van der Waals surface area contributed by atoms with Crippen LogP contribution in [0.5, 0.6) is 0 Å². The maximum absolute atomic E-state index is 4.86. The second-order valence-electron chi connectivity index (χ2n) is 10.1. The smallest absolute Gasteiger partial charge is 0.0721 e. The third-order valence-electron chi connectivity index (χ3n) is 7.36. The third-order valence-corrected chi connectivity index (χ3v) is 9.80. The Balaban J connectivity index is 0.929. The topological polar surface area (TPSA) is 25.8 Å². The zero-order chi connectivity index (χ0) is 26.3. The summed E-state index contributed by atoms with van der Waals surface area (Å²) in [5, 5.41) is 5.14. The summed E-state index contributed by atoms with van der Waals surface area (Å²) in [6.45, 7) is 0. The zero-order valence-electron chi connectivity index (χ0n) is 22.3. The van der Waals surface area contributed by atoms with Crippen LogP contribution in [0.3, 0.4) is 0 Å². The first-order valence-electron chi connectivity index (χ1n) is 14.2. The Labute approximate surface area is 239 Å². The first-order valence-corrected chi connectivity index (χ1v) is 16.2. The molecular weight excluding hydrogens is 513 g/mol. The van der Waals surface area contributed by atoms with E-state index in [2.05, 4.69) is 97.1 Å². The third kappa shape index (κ3) is 6.08. The lowest BCUT2D eigenvalue weighted by molar-refractivity contribution is 0.605. The van der Waals surface area contributed by atoms with Crippen LogP contribution < -0.4 is 0 Å². The van der Waals surface area contributed by atoms with E-state index in [1.165, 1.54) is 87.8 Å². The standard InChI is InChI=1S/C35H34N2S2/c1(2-4-14-24-38-34-26-16-6-10-20-30(26)36-31-21-11-7-17-27(31)34)3-5-15-25-39-35-28-18-8-12-22-32(28)37-33-23-13-9-19-29(33)35/h6-13,16-23H,1-5,14-15,24-25H2. The molecule has 0 bridgehead atoms. The molecule has 0 aliphatic heterocycles. The molecular formula is C35H34N2S2. The fraction of sp³-hybridized carbons (Fsp3) is 0.257. The van der Waals surface area contributed by atoms with E-state index in [9.17, 15) is 0 Å². The van der Waals surface area contributed by atoms with Crippen LogP contribution in [0.25, 0.3) is 43.6 Å². The highest BCUT2D eigenvalue weighted by Crippen LogP contribution is 2.36. The van der Waals surface area contributed by atoms with Gasteiger partial charge in [-0.1, -0.05) is 105 Å². The lowest BCUT2D eigenvalue weighted by Gasteiger charge is -2.11. The van der Waals surface area contributed by atoms with Crippen molar-refractivity contribution in [1.82, 2.24) is 9.97 Å². The van der Waals surface area contributed by atoms with E-state index < -0.39 is 0 Å². The van der Waals surface area contributed by atoms with Crippen LogP contribution in [-0.4, -0.2) is 21.5 Å². The molecule has 0 saturated heterocycles. The number of benzene rings is 4. The van der Waals surface area contributed by atoms with Crippen molar-refractivity contribution in [3.05, 3.63) is 97.1 Å². The van der Waals surface area contributed by atoms with Crippen LogP contribution in [0.4, 0.5) is 0 Å². The van der Waals surface area contributed by atoms with Crippen molar-refractivity contribution in [2.24, 2.45) is 0 Å².